The molecule has 0 bridgehead atoms. The van der Waals surface area contributed by atoms with Gasteiger partial charge < -0.3 is 10.1 Å². The molecule has 0 aliphatic carbocycles. The van der Waals surface area contributed by atoms with Gasteiger partial charge in [-0.3, -0.25) is 4.90 Å². The molecular weight excluding hydrogens is 260 g/mol. The lowest BCUT2D eigenvalue weighted by Crippen LogP contribution is -2.29. The van der Waals surface area contributed by atoms with Crippen LogP contribution < -0.4 is 5.32 Å². The third-order valence-corrected chi connectivity index (χ3v) is 4.19. The molecule has 0 spiro atoms. The number of likely N-dealkylation sites (N-methyl/N-ethyl adjacent to an activating group) is 1. The third-order valence-electron chi connectivity index (χ3n) is 4.19. The van der Waals surface area contributed by atoms with Crippen LogP contribution in [0.25, 0.3) is 0 Å². The molecule has 1 heterocycles. The fourth-order valence-corrected chi connectivity index (χ4v) is 2.91. The molecular formula is C18H30N2O. The van der Waals surface area contributed by atoms with Crippen LogP contribution in [0.15, 0.2) is 24.3 Å². The number of rotatable bonds is 6. The highest BCUT2D eigenvalue weighted by molar-refractivity contribution is 5.25. The molecule has 1 aliphatic rings. The lowest BCUT2D eigenvalue weighted by Gasteiger charge is -2.22. The number of hydrogen-bond acceptors (Lipinski definition) is 3. The summed E-state index contributed by atoms with van der Waals surface area (Å²) in [7, 11) is 0. The molecule has 1 N–H and O–H groups in total. The van der Waals surface area contributed by atoms with Crippen molar-refractivity contribution >= 4 is 0 Å². The molecule has 2 rings (SSSR count). The first kappa shape index (κ1) is 16.5. The molecule has 118 valence electrons. The summed E-state index contributed by atoms with van der Waals surface area (Å²) in [5.41, 5.74) is 2.83. The number of ether oxygens (including phenoxy) is 1. The van der Waals surface area contributed by atoms with Crippen molar-refractivity contribution in [1.29, 1.82) is 0 Å². The monoisotopic (exact) mass is 290 g/mol. The van der Waals surface area contributed by atoms with Gasteiger partial charge in [0.15, 0.2) is 0 Å². The van der Waals surface area contributed by atoms with Crippen LogP contribution in [0.1, 0.15) is 44.2 Å². The van der Waals surface area contributed by atoms with Crippen molar-refractivity contribution in [3.8, 4) is 0 Å². The van der Waals surface area contributed by atoms with Crippen molar-refractivity contribution in [1.82, 2.24) is 10.2 Å². The highest BCUT2D eigenvalue weighted by Crippen LogP contribution is 2.17. The Labute approximate surface area is 129 Å². The molecule has 1 saturated heterocycles. The van der Waals surface area contributed by atoms with E-state index >= 15 is 0 Å². The van der Waals surface area contributed by atoms with Crippen molar-refractivity contribution in [3.63, 3.8) is 0 Å². The molecule has 1 aliphatic heterocycles. The van der Waals surface area contributed by atoms with E-state index in [4.69, 9.17) is 4.74 Å². The summed E-state index contributed by atoms with van der Waals surface area (Å²) >= 11 is 0. The van der Waals surface area contributed by atoms with E-state index in [9.17, 15) is 0 Å². The van der Waals surface area contributed by atoms with Crippen LogP contribution in [-0.4, -0.2) is 43.8 Å². The lowest BCUT2D eigenvalue weighted by molar-refractivity contribution is 0.0668. The maximum Gasteiger partial charge on any atom is 0.0674 e. The first-order valence-electron chi connectivity index (χ1n) is 8.32. The summed E-state index contributed by atoms with van der Waals surface area (Å²) in [5, 5.41) is 3.42. The van der Waals surface area contributed by atoms with Crippen molar-refractivity contribution in [3.05, 3.63) is 35.4 Å². The Bertz CT molecular complexity index is 404. The van der Waals surface area contributed by atoms with E-state index in [0.29, 0.717) is 12.0 Å². The van der Waals surface area contributed by atoms with Gasteiger partial charge in [-0.25, -0.2) is 0 Å². The second-order valence-corrected chi connectivity index (χ2v) is 6.22. The molecule has 0 amide bonds. The van der Waals surface area contributed by atoms with Gasteiger partial charge in [0.25, 0.3) is 0 Å². The molecule has 3 nitrogen and oxygen atoms in total. The minimum absolute atomic E-state index is 0.354. The zero-order valence-electron chi connectivity index (χ0n) is 13.8. The summed E-state index contributed by atoms with van der Waals surface area (Å²) < 4.78 is 5.71. The van der Waals surface area contributed by atoms with Gasteiger partial charge in [-0.15, -0.1) is 0 Å². The quantitative estimate of drug-likeness (QED) is 0.871. The Hall–Kier alpha value is -0.900. The highest BCUT2D eigenvalue weighted by Gasteiger charge is 2.15. The molecule has 3 heteroatoms. The number of hydrogen-bond donors (Lipinski definition) is 1. The second kappa shape index (κ2) is 8.52. The Kier molecular flexibility index (Phi) is 6.68. The smallest absolute Gasteiger partial charge is 0.0674 e. The van der Waals surface area contributed by atoms with Gasteiger partial charge in [0, 0.05) is 32.8 Å². The average molecular weight is 290 g/mol. The molecule has 1 aromatic carbocycles. The molecule has 2 atom stereocenters. The van der Waals surface area contributed by atoms with Crippen molar-refractivity contribution in [2.24, 2.45) is 0 Å². The Morgan fingerprint density at radius 1 is 1.33 bits per heavy atom. The second-order valence-electron chi connectivity index (χ2n) is 6.22. The largest absolute Gasteiger partial charge is 0.377 e. The fourth-order valence-electron chi connectivity index (χ4n) is 2.91. The maximum atomic E-state index is 5.71. The van der Waals surface area contributed by atoms with Gasteiger partial charge in [0.1, 0.15) is 0 Å². The Morgan fingerprint density at radius 3 is 2.81 bits per heavy atom. The van der Waals surface area contributed by atoms with E-state index in [-0.39, 0.29) is 0 Å². The lowest BCUT2D eigenvalue weighted by atomic mass is 9.99. The summed E-state index contributed by atoms with van der Waals surface area (Å²) in [5.74, 6) is 0.575. The van der Waals surface area contributed by atoms with Crippen molar-refractivity contribution in [2.45, 2.75) is 45.8 Å². The normalized spacial score (nSPS) is 22.0. The molecule has 0 aromatic heterocycles. The zero-order valence-corrected chi connectivity index (χ0v) is 13.8. The fraction of sp³-hybridized carbons (Fsp3) is 0.667. The van der Waals surface area contributed by atoms with Gasteiger partial charge in [-0.05, 0) is 36.9 Å². The summed E-state index contributed by atoms with van der Waals surface area (Å²) in [6, 6.07) is 9.15. The summed E-state index contributed by atoms with van der Waals surface area (Å²) in [6.45, 7) is 12.8. The van der Waals surface area contributed by atoms with E-state index in [1.807, 2.05) is 0 Å². The van der Waals surface area contributed by atoms with Crippen LogP contribution in [0.3, 0.4) is 0 Å². The van der Waals surface area contributed by atoms with E-state index < -0.39 is 0 Å². The van der Waals surface area contributed by atoms with Gasteiger partial charge in [-0.1, -0.05) is 38.1 Å². The predicted molar refractivity (Wildman–Crippen MR) is 88.7 cm³/mol. The molecule has 1 aromatic rings. The molecule has 1 fully saturated rings. The molecule has 21 heavy (non-hydrogen) atoms. The summed E-state index contributed by atoms with van der Waals surface area (Å²) in [4.78, 5) is 2.51. The van der Waals surface area contributed by atoms with Gasteiger partial charge in [-0.2, -0.15) is 0 Å². The first-order chi connectivity index (χ1) is 10.2. The Balaban J connectivity index is 1.89. The van der Waals surface area contributed by atoms with Crippen LogP contribution in [0.4, 0.5) is 0 Å². The van der Waals surface area contributed by atoms with E-state index in [2.05, 4.69) is 55.3 Å². The van der Waals surface area contributed by atoms with E-state index in [0.717, 1.165) is 45.8 Å². The van der Waals surface area contributed by atoms with E-state index in [1.165, 1.54) is 11.1 Å². The van der Waals surface area contributed by atoms with Crippen LogP contribution >= 0.6 is 0 Å². The molecule has 0 saturated carbocycles. The van der Waals surface area contributed by atoms with Crippen LogP contribution in [0.2, 0.25) is 0 Å². The van der Waals surface area contributed by atoms with Crippen LogP contribution in [0.5, 0.6) is 0 Å². The standard InChI is InChI=1S/C18H30N2O/c1-4-19-12-15(2)18-8-6-17(7-9-18)14-20-10-5-11-21-16(3)13-20/h6-9,15-16,19H,4-5,10-14H2,1-3H3. The molecule has 2 unspecified atom stereocenters. The average Bonchev–Trinajstić information content (AvgIpc) is 2.69. The first-order valence-corrected chi connectivity index (χ1v) is 8.32. The Morgan fingerprint density at radius 2 is 2.10 bits per heavy atom. The number of nitrogens with zero attached hydrogens (tertiary/aromatic N) is 1. The topological polar surface area (TPSA) is 24.5 Å². The zero-order chi connectivity index (χ0) is 15.1. The van der Waals surface area contributed by atoms with Crippen molar-refractivity contribution < 1.29 is 4.74 Å². The van der Waals surface area contributed by atoms with Crippen molar-refractivity contribution in [2.75, 3.05) is 32.8 Å². The minimum atomic E-state index is 0.354. The SMILES string of the molecule is CCNCC(C)c1ccc(CN2CCCOC(C)C2)cc1. The van der Waals surface area contributed by atoms with Crippen LogP contribution in [0, 0.1) is 0 Å². The number of benzene rings is 1. The highest BCUT2D eigenvalue weighted by atomic mass is 16.5. The van der Waals surface area contributed by atoms with E-state index in [1.54, 1.807) is 0 Å². The van der Waals surface area contributed by atoms with Gasteiger partial charge in [0.05, 0.1) is 6.10 Å². The number of nitrogens with one attached hydrogen (secondary N) is 1. The predicted octanol–water partition coefficient (Wildman–Crippen LogP) is 3.01. The van der Waals surface area contributed by atoms with Crippen LogP contribution in [-0.2, 0) is 11.3 Å². The minimum Gasteiger partial charge on any atom is -0.377 e. The third kappa shape index (κ3) is 5.42. The van der Waals surface area contributed by atoms with Gasteiger partial charge in [0.2, 0.25) is 0 Å². The van der Waals surface area contributed by atoms with Gasteiger partial charge >= 0.3 is 0 Å². The maximum absolute atomic E-state index is 5.71. The molecule has 0 radical (unpaired) electrons. The summed E-state index contributed by atoms with van der Waals surface area (Å²) in [6.07, 6.45) is 1.49.